The van der Waals surface area contributed by atoms with Crippen molar-refractivity contribution >= 4 is 29.5 Å². The lowest BCUT2D eigenvalue weighted by molar-refractivity contribution is -0.153. The number of alkyl halides is 3. The molecular formula is C29H34F3N3O5S. The summed E-state index contributed by atoms with van der Waals surface area (Å²) in [5.74, 6) is -2.40. The Labute approximate surface area is 241 Å². The topological polar surface area (TPSA) is 110 Å². The van der Waals surface area contributed by atoms with Gasteiger partial charge in [0.2, 0.25) is 5.91 Å². The molecule has 2 aromatic rings. The summed E-state index contributed by atoms with van der Waals surface area (Å²) in [7, 11) is 0. The maximum Gasteiger partial charge on any atom is 0.390 e. The van der Waals surface area contributed by atoms with Crippen LogP contribution in [-0.4, -0.2) is 79.9 Å². The zero-order valence-corrected chi connectivity index (χ0v) is 23.6. The van der Waals surface area contributed by atoms with E-state index in [0.717, 1.165) is 27.1 Å². The van der Waals surface area contributed by atoms with Gasteiger partial charge in [0.1, 0.15) is 11.8 Å². The number of aliphatic hydroxyl groups excluding tert-OH is 1. The van der Waals surface area contributed by atoms with Crippen LogP contribution in [-0.2, 0) is 16.0 Å². The maximum atomic E-state index is 13.7. The summed E-state index contributed by atoms with van der Waals surface area (Å²) in [5, 5.41) is 23.4. The van der Waals surface area contributed by atoms with Crippen LogP contribution in [0.2, 0.25) is 0 Å². The molecule has 3 N–H and O–H groups in total. The molecule has 12 heteroatoms. The SMILES string of the molecule is C=C[C@H]1C(=O)N(CCC(F)(F)F)C(C)SCN1C(=O)[C@@H](O)[C@H](CCc1ccccc1)NC(=O)c1cccc(O)c1C. The lowest BCUT2D eigenvalue weighted by Gasteiger charge is -2.32. The van der Waals surface area contributed by atoms with E-state index in [-0.39, 0.29) is 23.6 Å². The van der Waals surface area contributed by atoms with Gasteiger partial charge < -0.3 is 25.3 Å². The number of nitrogens with one attached hydrogen (secondary N) is 1. The first-order chi connectivity index (χ1) is 19.3. The molecule has 1 heterocycles. The molecule has 2 aromatic carbocycles. The smallest absolute Gasteiger partial charge is 0.390 e. The average Bonchev–Trinajstić information content (AvgIpc) is 3.05. The third-order valence-electron chi connectivity index (χ3n) is 7.00. The Hall–Kier alpha value is -3.51. The summed E-state index contributed by atoms with van der Waals surface area (Å²) in [6, 6.07) is 11.3. The van der Waals surface area contributed by atoms with E-state index in [1.807, 2.05) is 30.3 Å². The number of benzene rings is 2. The zero-order chi connectivity index (χ0) is 30.3. The van der Waals surface area contributed by atoms with Crippen LogP contribution < -0.4 is 5.32 Å². The summed E-state index contributed by atoms with van der Waals surface area (Å²) in [6.07, 6.45) is -5.73. The third-order valence-corrected chi connectivity index (χ3v) is 8.16. The van der Waals surface area contributed by atoms with Gasteiger partial charge in [0.05, 0.1) is 23.7 Å². The quantitative estimate of drug-likeness (QED) is 0.359. The number of carbonyl (C=O) groups excluding carboxylic acids is 3. The number of thioether (sulfide) groups is 1. The highest BCUT2D eigenvalue weighted by Crippen LogP contribution is 2.29. The van der Waals surface area contributed by atoms with Crippen molar-refractivity contribution in [3.05, 3.63) is 77.9 Å². The highest BCUT2D eigenvalue weighted by atomic mass is 32.2. The molecule has 0 spiro atoms. The minimum atomic E-state index is -4.47. The van der Waals surface area contributed by atoms with Crippen molar-refractivity contribution < 1.29 is 37.8 Å². The molecule has 1 aliphatic rings. The monoisotopic (exact) mass is 593 g/mol. The van der Waals surface area contributed by atoms with E-state index < -0.39 is 60.4 Å². The van der Waals surface area contributed by atoms with E-state index in [0.29, 0.717) is 12.0 Å². The van der Waals surface area contributed by atoms with Crippen LogP contribution in [0.25, 0.3) is 0 Å². The number of aryl methyl sites for hydroxylation is 1. The maximum absolute atomic E-state index is 13.7. The van der Waals surface area contributed by atoms with Crippen molar-refractivity contribution in [2.24, 2.45) is 0 Å². The van der Waals surface area contributed by atoms with Crippen molar-refractivity contribution in [3.8, 4) is 5.75 Å². The number of halogens is 3. The molecule has 3 amide bonds. The summed E-state index contributed by atoms with van der Waals surface area (Å²) >= 11 is 1.08. The number of hydrogen-bond acceptors (Lipinski definition) is 6. The summed E-state index contributed by atoms with van der Waals surface area (Å²) in [4.78, 5) is 42.2. The molecular weight excluding hydrogens is 559 g/mol. The Balaban J connectivity index is 1.86. The second-order valence-electron chi connectivity index (χ2n) is 9.78. The largest absolute Gasteiger partial charge is 0.508 e. The molecule has 1 saturated heterocycles. The molecule has 1 aliphatic heterocycles. The molecule has 0 saturated carbocycles. The zero-order valence-electron chi connectivity index (χ0n) is 22.8. The van der Waals surface area contributed by atoms with Crippen molar-refractivity contribution in [2.75, 3.05) is 12.4 Å². The lowest BCUT2D eigenvalue weighted by atomic mass is 9.98. The van der Waals surface area contributed by atoms with Crippen LogP contribution in [0.5, 0.6) is 5.75 Å². The Morgan fingerprint density at radius 1 is 1.20 bits per heavy atom. The molecule has 1 fully saturated rings. The second-order valence-corrected chi connectivity index (χ2v) is 11.1. The van der Waals surface area contributed by atoms with Gasteiger partial charge in [0.25, 0.3) is 11.8 Å². The Bertz CT molecular complexity index is 1240. The van der Waals surface area contributed by atoms with Crippen molar-refractivity contribution in [3.63, 3.8) is 0 Å². The summed E-state index contributed by atoms with van der Waals surface area (Å²) in [5.41, 5.74) is 1.38. The summed E-state index contributed by atoms with van der Waals surface area (Å²) < 4.78 is 38.7. The number of rotatable bonds is 10. The minimum Gasteiger partial charge on any atom is -0.508 e. The van der Waals surface area contributed by atoms with Gasteiger partial charge >= 0.3 is 6.18 Å². The Kier molecular flexibility index (Phi) is 10.9. The van der Waals surface area contributed by atoms with Crippen LogP contribution in [0.15, 0.2) is 61.2 Å². The van der Waals surface area contributed by atoms with Gasteiger partial charge in [0.15, 0.2) is 6.10 Å². The van der Waals surface area contributed by atoms with Crippen molar-refractivity contribution in [2.45, 2.75) is 62.8 Å². The molecule has 0 aliphatic carbocycles. The second kappa shape index (κ2) is 13.9. The first-order valence-electron chi connectivity index (χ1n) is 13.1. The van der Waals surface area contributed by atoms with E-state index in [9.17, 15) is 37.8 Å². The van der Waals surface area contributed by atoms with Gasteiger partial charge in [-0.25, -0.2) is 0 Å². The molecule has 8 nitrogen and oxygen atoms in total. The van der Waals surface area contributed by atoms with Crippen LogP contribution in [0.4, 0.5) is 13.2 Å². The van der Waals surface area contributed by atoms with Crippen LogP contribution in [0, 0.1) is 6.92 Å². The lowest BCUT2D eigenvalue weighted by Crippen LogP contribution is -2.56. The molecule has 4 atom stereocenters. The van der Waals surface area contributed by atoms with Crippen molar-refractivity contribution in [1.29, 1.82) is 0 Å². The highest BCUT2D eigenvalue weighted by Gasteiger charge is 2.41. The number of carbonyl (C=O) groups is 3. The van der Waals surface area contributed by atoms with Gasteiger partial charge in [-0.2, -0.15) is 13.2 Å². The number of phenols is 1. The number of hydrogen-bond donors (Lipinski definition) is 3. The van der Waals surface area contributed by atoms with E-state index in [1.54, 1.807) is 13.8 Å². The average molecular weight is 594 g/mol. The van der Waals surface area contributed by atoms with Crippen LogP contribution >= 0.6 is 11.8 Å². The van der Waals surface area contributed by atoms with Crippen molar-refractivity contribution in [1.82, 2.24) is 15.1 Å². The Morgan fingerprint density at radius 2 is 1.88 bits per heavy atom. The van der Waals surface area contributed by atoms with Gasteiger partial charge in [-0.05, 0) is 44.4 Å². The minimum absolute atomic E-state index is 0.0896. The first-order valence-corrected chi connectivity index (χ1v) is 14.1. The predicted molar refractivity (Wildman–Crippen MR) is 150 cm³/mol. The number of aliphatic hydroxyl groups is 1. The fourth-order valence-corrected chi connectivity index (χ4v) is 5.60. The van der Waals surface area contributed by atoms with Crippen LogP contribution in [0.3, 0.4) is 0 Å². The molecule has 0 radical (unpaired) electrons. The molecule has 1 unspecified atom stereocenters. The number of aromatic hydroxyl groups is 1. The molecule has 222 valence electrons. The normalized spacial score (nSPS) is 19.3. The van der Waals surface area contributed by atoms with E-state index in [1.165, 1.54) is 24.3 Å². The van der Waals surface area contributed by atoms with Gasteiger partial charge in [-0.3, -0.25) is 14.4 Å². The third kappa shape index (κ3) is 8.26. The molecule has 0 aromatic heterocycles. The fraction of sp³-hybridized carbons (Fsp3) is 0.414. The van der Waals surface area contributed by atoms with E-state index in [4.69, 9.17) is 0 Å². The molecule has 41 heavy (non-hydrogen) atoms. The summed E-state index contributed by atoms with van der Waals surface area (Å²) in [6.45, 7) is 6.17. The fourth-order valence-electron chi connectivity index (χ4n) is 4.54. The molecule has 0 bridgehead atoms. The number of amides is 3. The van der Waals surface area contributed by atoms with Crippen LogP contribution in [0.1, 0.15) is 41.3 Å². The Morgan fingerprint density at radius 3 is 2.51 bits per heavy atom. The first kappa shape index (κ1) is 32.0. The molecule has 3 rings (SSSR count). The van der Waals surface area contributed by atoms with Gasteiger partial charge in [-0.1, -0.05) is 42.5 Å². The predicted octanol–water partition coefficient (Wildman–Crippen LogP) is 4.01. The number of nitrogens with zero attached hydrogens (tertiary/aromatic N) is 2. The van der Waals surface area contributed by atoms with E-state index >= 15 is 0 Å². The van der Waals surface area contributed by atoms with E-state index in [2.05, 4.69) is 11.9 Å². The highest BCUT2D eigenvalue weighted by molar-refractivity contribution is 7.99. The van der Waals surface area contributed by atoms with Gasteiger partial charge in [-0.15, -0.1) is 18.3 Å². The standard InChI is InChI=1S/C29H34F3N3O5S/c1-4-23-27(39)34(16-15-29(30,31)32)19(3)41-17-35(23)28(40)25(37)22(14-13-20-9-6-5-7-10-20)33-26(38)21-11-8-12-24(36)18(21)2/h4-12,19,22-23,25,36-37H,1,13-17H2,2-3H3,(H,33,38)/t19?,22-,23-,25-/m0/s1. The van der Waals surface area contributed by atoms with Gasteiger partial charge in [0, 0.05) is 17.7 Å². The number of phenolic OH excluding ortho intramolecular Hbond substituents is 1.